The lowest BCUT2D eigenvalue weighted by Gasteiger charge is -2.25. The molecule has 1 saturated carbocycles. The van der Waals surface area contributed by atoms with Gasteiger partial charge in [0.05, 0.1) is 24.4 Å². The highest BCUT2D eigenvalue weighted by Gasteiger charge is 2.27. The van der Waals surface area contributed by atoms with Gasteiger partial charge in [0.25, 0.3) is 11.8 Å². The van der Waals surface area contributed by atoms with Crippen molar-refractivity contribution < 1.29 is 23.1 Å². The minimum atomic E-state index is -3.15. The van der Waals surface area contributed by atoms with Crippen LogP contribution in [0.25, 0.3) is 10.9 Å². The third-order valence-electron chi connectivity index (χ3n) is 5.83. The Labute approximate surface area is 183 Å². The Hall–Kier alpha value is -3.36. The molecule has 9 heteroatoms. The second-order valence-electron chi connectivity index (χ2n) is 8.18. The summed E-state index contributed by atoms with van der Waals surface area (Å²) in [6.45, 7) is 0.733. The number of methoxy groups -OCH3 is 1. The normalized spacial score (nSPS) is 19.0. The van der Waals surface area contributed by atoms with Crippen LogP contribution in [0.2, 0.25) is 0 Å². The maximum absolute atomic E-state index is 13.6. The molecule has 7 nitrogen and oxygen atoms in total. The fourth-order valence-electron chi connectivity index (χ4n) is 4.02. The van der Waals surface area contributed by atoms with E-state index < -0.39 is 17.5 Å². The van der Waals surface area contributed by atoms with E-state index in [9.17, 15) is 18.4 Å². The quantitative estimate of drug-likeness (QED) is 0.558. The second-order valence-corrected chi connectivity index (χ2v) is 8.18. The van der Waals surface area contributed by atoms with Gasteiger partial charge in [0.15, 0.2) is 0 Å². The molecule has 1 aliphatic rings. The molecule has 0 spiro atoms. The number of ether oxygens (including phenoxy) is 1. The van der Waals surface area contributed by atoms with Gasteiger partial charge in [-0.15, -0.1) is 0 Å². The van der Waals surface area contributed by atoms with E-state index in [-0.39, 0.29) is 17.7 Å². The number of rotatable bonds is 6. The molecular formula is C23H24F2N4O3. The van der Waals surface area contributed by atoms with Crippen molar-refractivity contribution in [2.45, 2.75) is 44.6 Å². The fourth-order valence-corrected chi connectivity index (χ4v) is 4.02. The molecular weight excluding hydrogens is 418 g/mol. The summed E-state index contributed by atoms with van der Waals surface area (Å²) in [6, 6.07) is 7.61. The summed E-state index contributed by atoms with van der Waals surface area (Å²) in [5.41, 5.74) is 0.514. The average molecular weight is 442 g/mol. The molecule has 1 aromatic carbocycles. The summed E-state index contributed by atoms with van der Waals surface area (Å²) in [4.78, 5) is 27.5. The number of hydrogen-bond acceptors (Lipinski definition) is 5. The molecule has 2 heterocycles. The Morgan fingerprint density at radius 1 is 1.25 bits per heavy atom. The number of aldehydes is 1. The molecule has 2 aromatic heterocycles. The SMILES string of the molecule is COc1cc2nn(C3CCC(C=O)CC3)cc2cc1NC(=O)c1cccc(C(C)(F)F)n1. The van der Waals surface area contributed by atoms with Crippen LogP contribution >= 0.6 is 0 Å². The highest BCUT2D eigenvalue weighted by molar-refractivity contribution is 6.05. The molecule has 0 radical (unpaired) electrons. The van der Waals surface area contributed by atoms with Crippen molar-refractivity contribution in [1.82, 2.24) is 14.8 Å². The Morgan fingerprint density at radius 3 is 2.66 bits per heavy atom. The van der Waals surface area contributed by atoms with Crippen molar-refractivity contribution in [3.63, 3.8) is 0 Å². The number of alkyl halides is 2. The van der Waals surface area contributed by atoms with Gasteiger partial charge in [0.2, 0.25) is 0 Å². The van der Waals surface area contributed by atoms with Crippen LogP contribution in [0, 0.1) is 5.92 Å². The van der Waals surface area contributed by atoms with E-state index in [2.05, 4.69) is 15.4 Å². The Balaban J connectivity index is 1.59. The number of halogens is 2. The summed E-state index contributed by atoms with van der Waals surface area (Å²) in [6.07, 6.45) is 6.38. The van der Waals surface area contributed by atoms with E-state index in [1.165, 1.54) is 25.3 Å². The molecule has 1 N–H and O–H groups in total. The zero-order valence-corrected chi connectivity index (χ0v) is 17.8. The number of aromatic nitrogens is 3. The van der Waals surface area contributed by atoms with Gasteiger partial charge in [-0.05, 0) is 43.9 Å². The van der Waals surface area contributed by atoms with Crippen LogP contribution < -0.4 is 10.1 Å². The number of benzene rings is 1. The van der Waals surface area contributed by atoms with Crippen LogP contribution in [-0.4, -0.2) is 34.1 Å². The largest absolute Gasteiger partial charge is 0.494 e. The van der Waals surface area contributed by atoms with Crippen molar-refractivity contribution in [2.75, 3.05) is 12.4 Å². The number of carbonyl (C=O) groups excluding carboxylic acids is 2. The van der Waals surface area contributed by atoms with Crippen LogP contribution in [0.15, 0.2) is 36.5 Å². The highest BCUT2D eigenvalue weighted by Crippen LogP contribution is 2.34. The first-order chi connectivity index (χ1) is 15.3. The summed E-state index contributed by atoms with van der Waals surface area (Å²) >= 11 is 0. The minimum absolute atomic E-state index is 0.117. The smallest absolute Gasteiger partial charge is 0.287 e. The Bertz CT molecular complexity index is 1150. The average Bonchev–Trinajstić information content (AvgIpc) is 3.21. The predicted octanol–water partition coefficient (Wildman–Crippen LogP) is 4.73. The number of carbonyl (C=O) groups is 2. The van der Waals surface area contributed by atoms with Gasteiger partial charge in [0.1, 0.15) is 23.4 Å². The topological polar surface area (TPSA) is 86.1 Å². The summed E-state index contributed by atoms with van der Waals surface area (Å²) < 4.78 is 34.5. The van der Waals surface area contributed by atoms with E-state index in [1.807, 2.05) is 10.9 Å². The molecule has 168 valence electrons. The van der Waals surface area contributed by atoms with Crippen LogP contribution in [0.1, 0.15) is 54.8 Å². The number of nitrogens with one attached hydrogen (secondary N) is 1. The predicted molar refractivity (Wildman–Crippen MR) is 115 cm³/mol. The van der Waals surface area contributed by atoms with Gasteiger partial charge >= 0.3 is 0 Å². The van der Waals surface area contributed by atoms with Gasteiger partial charge < -0.3 is 14.8 Å². The van der Waals surface area contributed by atoms with Crippen LogP contribution in [0.3, 0.4) is 0 Å². The van der Waals surface area contributed by atoms with Gasteiger partial charge in [-0.1, -0.05) is 6.07 Å². The number of amides is 1. The van der Waals surface area contributed by atoms with Crippen LogP contribution in [0.5, 0.6) is 5.75 Å². The lowest BCUT2D eigenvalue weighted by molar-refractivity contribution is -0.112. The van der Waals surface area contributed by atoms with Crippen molar-refractivity contribution >= 4 is 28.8 Å². The number of anilines is 1. The molecule has 3 aromatic rings. The molecule has 0 saturated heterocycles. The lowest BCUT2D eigenvalue weighted by atomic mass is 9.87. The van der Waals surface area contributed by atoms with E-state index in [0.717, 1.165) is 44.3 Å². The zero-order chi connectivity index (χ0) is 22.9. The first kappa shape index (κ1) is 21.9. The highest BCUT2D eigenvalue weighted by atomic mass is 19.3. The van der Waals surface area contributed by atoms with Crippen molar-refractivity contribution in [3.05, 3.63) is 47.9 Å². The minimum Gasteiger partial charge on any atom is -0.494 e. The Kier molecular flexibility index (Phi) is 5.90. The number of nitrogens with zero attached hydrogens (tertiary/aromatic N) is 3. The maximum atomic E-state index is 13.6. The fraction of sp³-hybridized carbons (Fsp3) is 0.391. The van der Waals surface area contributed by atoms with Gasteiger partial charge in [0, 0.05) is 30.5 Å². The van der Waals surface area contributed by atoms with Crippen LogP contribution in [0.4, 0.5) is 14.5 Å². The first-order valence-electron chi connectivity index (χ1n) is 10.5. The molecule has 32 heavy (non-hydrogen) atoms. The molecule has 0 bridgehead atoms. The summed E-state index contributed by atoms with van der Waals surface area (Å²) in [5.74, 6) is -3.24. The molecule has 1 amide bonds. The number of pyridine rings is 1. The van der Waals surface area contributed by atoms with E-state index in [0.29, 0.717) is 17.0 Å². The standard InChI is InChI=1S/C23H24F2N4O3/c1-23(24,25)21-5-3-4-17(26-21)22(31)27-19-10-15-12-29(28-18(15)11-20(19)32-2)16-8-6-14(13-30)7-9-16/h3-5,10-14,16H,6-9H2,1-2H3,(H,27,31). The Morgan fingerprint density at radius 2 is 2.00 bits per heavy atom. The maximum Gasteiger partial charge on any atom is 0.287 e. The molecule has 0 unspecified atom stereocenters. The third kappa shape index (κ3) is 4.46. The van der Waals surface area contributed by atoms with E-state index in [4.69, 9.17) is 4.74 Å². The monoisotopic (exact) mass is 442 g/mol. The first-order valence-corrected chi connectivity index (χ1v) is 10.5. The van der Waals surface area contributed by atoms with E-state index >= 15 is 0 Å². The summed E-state index contributed by atoms with van der Waals surface area (Å²) in [7, 11) is 1.48. The van der Waals surface area contributed by atoms with Gasteiger partial charge in [-0.25, -0.2) is 4.98 Å². The molecule has 1 aliphatic carbocycles. The summed E-state index contributed by atoms with van der Waals surface area (Å²) in [5, 5.41) is 8.16. The molecule has 4 rings (SSSR count). The second kappa shape index (κ2) is 8.64. The van der Waals surface area contributed by atoms with Gasteiger partial charge in [-0.3, -0.25) is 9.48 Å². The lowest BCUT2D eigenvalue weighted by Crippen LogP contribution is -2.19. The number of hydrogen-bond donors (Lipinski definition) is 1. The third-order valence-corrected chi connectivity index (χ3v) is 5.83. The molecule has 0 atom stereocenters. The number of fused-ring (bicyclic) bond motifs is 1. The molecule has 1 fully saturated rings. The zero-order valence-electron chi connectivity index (χ0n) is 17.8. The van der Waals surface area contributed by atoms with Crippen molar-refractivity contribution in [1.29, 1.82) is 0 Å². The van der Waals surface area contributed by atoms with Gasteiger partial charge in [-0.2, -0.15) is 13.9 Å². The van der Waals surface area contributed by atoms with Crippen molar-refractivity contribution in [3.8, 4) is 5.75 Å². The van der Waals surface area contributed by atoms with Crippen LogP contribution in [-0.2, 0) is 10.7 Å². The van der Waals surface area contributed by atoms with E-state index in [1.54, 1.807) is 12.1 Å². The molecule has 0 aliphatic heterocycles. The van der Waals surface area contributed by atoms with Crippen molar-refractivity contribution in [2.24, 2.45) is 5.92 Å².